The first-order valence-electron chi connectivity index (χ1n) is 8.58. The van der Waals surface area contributed by atoms with Crippen molar-refractivity contribution in [3.8, 4) is 5.75 Å². The number of halogens is 1. The zero-order valence-electron chi connectivity index (χ0n) is 15.5. The average molecular weight is 445 g/mol. The molecule has 29 heavy (non-hydrogen) atoms. The van der Waals surface area contributed by atoms with Crippen LogP contribution in [-0.2, 0) is 4.79 Å². The molecule has 8 heteroatoms. The normalized spacial score (nSPS) is 15.0. The van der Waals surface area contributed by atoms with Crippen LogP contribution >= 0.6 is 35.6 Å². The first-order chi connectivity index (χ1) is 13.9. The Morgan fingerprint density at radius 3 is 2.69 bits per heavy atom. The molecule has 5 nitrogen and oxygen atoms in total. The van der Waals surface area contributed by atoms with E-state index in [9.17, 15) is 9.59 Å². The van der Waals surface area contributed by atoms with Crippen molar-refractivity contribution in [2.45, 2.75) is 6.92 Å². The van der Waals surface area contributed by atoms with Crippen LogP contribution < -0.4 is 10.2 Å². The van der Waals surface area contributed by atoms with Gasteiger partial charge in [0, 0.05) is 0 Å². The fraction of sp³-hybridized carbons (Fsp3) is 0.0952. The Hall–Kier alpha value is -2.61. The third-order valence-corrected chi connectivity index (χ3v) is 5.54. The molecule has 0 aromatic heterocycles. The van der Waals surface area contributed by atoms with E-state index in [-0.39, 0.29) is 9.88 Å². The van der Waals surface area contributed by atoms with Gasteiger partial charge in [0.1, 0.15) is 12.4 Å². The largest absolute Gasteiger partial charge is 0.490 e. The van der Waals surface area contributed by atoms with Crippen LogP contribution in [0.1, 0.15) is 21.5 Å². The predicted molar refractivity (Wildman–Crippen MR) is 121 cm³/mol. The number of ether oxygens (including phenoxy) is 1. The van der Waals surface area contributed by atoms with Crippen LogP contribution in [0.25, 0.3) is 6.08 Å². The van der Waals surface area contributed by atoms with Crippen molar-refractivity contribution in [2.75, 3.05) is 6.61 Å². The number of carbonyl (C=O) groups is 2. The summed E-state index contributed by atoms with van der Waals surface area (Å²) < 4.78 is 5.68. The molecule has 1 heterocycles. The zero-order valence-corrected chi connectivity index (χ0v) is 17.9. The second-order valence-corrected chi connectivity index (χ2v) is 8.19. The van der Waals surface area contributed by atoms with E-state index in [0.29, 0.717) is 22.3 Å². The van der Waals surface area contributed by atoms with Crippen molar-refractivity contribution in [1.29, 1.82) is 0 Å². The molecule has 2 aromatic carbocycles. The number of amides is 2. The van der Waals surface area contributed by atoms with E-state index in [0.717, 1.165) is 27.9 Å². The Bertz CT molecular complexity index is 1020. The molecule has 0 bridgehead atoms. The van der Waals surface area contributed by atoms with Crippen molar-refractivity contribution in [3.05, 3.63) is 81.7 Å². The quantitative estimate of drug-likeness (QED) is 0.395. The van der Waals surface area contributed by atoms with Crippen LogP contribution in [0.5, 0.6) is 5.75 Å². The highest BCUT2D eigenvalue weighted by Gasteiger charge is 2.34. The van der Waals surface area contributed by atoms with Crippen molar-refractivity contribution < 1.29 is 14.3 Å². The van der Waals surface area contributed by atoms with E-state index < -0.39 is 11.8 Å². The molecule has 1 aliphatic heterocycles. The molecular weight excluding hydrogens is 428 g/mol. The maximum Gasteiger partial charge on any atom is 0.285 e. The van der Waals surface area contributed by atoms with E-state index >= 15 is 0 Å². The second-order valence-electron chi connectivity index (χ2n) is 6.11. The summed E-state index contributed by atoms with van der Waals surface area (Å²) in [5.74, 6) is -0.198. The predicted octanol–water partition coefficient (Wildman–Crippen LogP) is 4.76. The number of hydrogen-bond donors (Lipinski definition) is 1. The SMILES string of the molecule is C=CCOc1ccc(/C=C2/SC(=S)N(NC(=O)c3ccc(C)cc3Cl)C2=O)cc1. The monoisotopic (exact) mass is 444 g/mol. The zero-order chi connectivity index (χ0) is 21.0. The van der Waals surface area contributed by atoms with Crippen molar-refractivity contribution in [1.82, 2.24) is 10.4 Å². The molecule has 2 amide bonds. The molecule has 2 aromatic rings. The molecule has 1 fully saturated rings. The molecule has 1 saturated heterocycles. The number of hydrogen-bond acceptors (Lipinski definition) is 5. The molecule has 3 rings (SSSR count). The van der Waals surface area contributed by atoms with Gasteiger partial charge in [0.05, 0.1) is 15.5 Å². The minimum Gasteiger partial charge on any atom is -0.490 e. The fourth-order valence-corrected chi connectivity index (χ4v) is 4.00. The van der Waals surface area contributed by atoms with Gasteiger partial charge in [-0.15, -0.1) is 0 Å². The molecule has 0 unspecified atom stereocenters. The number of nitrogens with zero attached hydrogens (tertiary/aromatic N) is 1. The first-order valence-corrected chi connectivity index (χ1v) is 10.2. The third-order valence-electron chi connectivity index (χ3n) is 3.92. The topological polar surface area (TPSA) is 58.6 Å². The third kappa shape index (κ3) is 5.06. The molecule has 0 radical (unpaired) electrons. The van der Waals surface area contributed by atoms with Crippen molar-refractivity contribution >= 4 is 57.8 Å². The van der Waals surface area contributed by atoms with Crippen LogP contribution in [0.3, 0.4) is 0 Å². The lowest BCUT2D eigenvalue weighted by Crippen LogP contribution is -2.44. The lowest BCUT2D eigenvalue weighted by Gasteiger charge is -2.16. The van der Waals surface area contributed by atoms with Gasteiger partial charge in [-0.25, -0.2) is 0 Å². The van der Waals surface area contributed by atoms with E-state index in [1.54, 1.807) is 42.5 Å². The van der Waals surface area contributed by atoms with Gasteiger partial charge in [-0.1, -0.05) is 54.2 Å². The highest BCUT2D eigenvalue weighted by molar-refractivity contribution is 8.26. The Balaban J connectivity index is 1.72. The van der Waals surface area contributed by atoms with E-state index in [2.05, 4.69) is 12.0 Å². The number of hydrazine groups is 1. The fourth-order valence-electron chi connectivity index (χ4n) is 2.50. The lowest BCUT2D eigenvalue weighted by molar-refractivity contribution is -0.123. The van der Waals surface area contributed by atoms with Gasteiger partial charge in [0.2, 0.25) is 0 Å². The molecule has 0 atom stereocenters. The Labute approximate surface area is 183 Å². The smallest absolute Gasteiger partial charge is 0.285 e. The van der Waals surface area contributed by atoms with E-state index in [1.807, 2.05) is 19.1 Å². The number of aryl methyl sites for hydroxylation is 1. The number of nitrogens with one attached hydrogen (secondary N) is 1. The summed E-state index contributed by atoms with van der Waals surface area (Å²) in [6, 6.07) is 12.3. The Kier molecular flexibility index (Phi) is 6.74. The maximum absolute atomic E-state index is 12.7. The molecular formula is C21H17ClN2O3S2. The molecule has 1 N–H and O–H groups in total. The highest BCUT2D eigenvalue weighted by Crippen LogP contribution is 2.32. The number of thioether (sulfide) groups is 1. The summed E-state index contributed by atoms with van der Waals surface area (Å²) in [7, 11) is 0. The van der Waals surface area contributed by atoms with Crippen LogP contribution in [-0.4, -0.2) is 27.8 Å². The van der Waals surface area contributed by atoms with Gasteiger partial charge in [-0.3, -0.25) is 15.0 Å². The molecule has 0 saturated carbocycles. The summed E-state index contributed by atoms with van der Waals surface area (Å²) in [5, 5.41) is 1.37. The van der Waals surface area contributed by atoms with Crippen LogP contribution in [0.2, 0.25) is 5.02 Å². The van der Waals surface area contributed by atoms with Gasteiger partial charge in [-0.2, -0.15) is 5.01 Å². The lowest BCUT2D eigenvalue weighted by atomic mass is 10.1. The van der Waals surface area contributed by atoms with Gasteiger partial charge in [-0.05, 0) is 60.6 Å². The second kappa shape index (κ2) is 9.26. The number of rotatable bonds is 6. The summed E-state index contributed by atoms with van der Waals surface area (Å²) in [5.41, 5.74) is 4.54. The van der Waals surface area contributed by atoms with E-state index in [4.69, 9.17) is 28.6 Å². The summed E-state index contributed by atoms with van der Waals surface area (Å²) in [6.07, 6.45) is 3.37. The van der Waals surface area contributed by atoms with Gasteiger partial charge >= 0.3 is 0 Å². The summed E-state index contributed by atoms with van der Waals surface area (Å²) >= 11 is 12.5. The van der Waals surface area contributed by atoms with Crippen molar-refractivity contribution in [2.24, 2.45) is 0 Å². The minimum absolute atomic E-state index is 0.240. The van der Waals surface area contributed by atoms with Crippen LogP contribution in [0.4, 0.5) is 0 Å². The van der Waals surface area contributed by atoms with Gasteiger partial charge < -0.3 is 4.74 Å². The van der Waals surface area contributed by atoms with Crippen LogP contribution in [0.15, 0.2) is 60.0 Å². The standard InChI is InChI=1S/C21H17ClN2O3S2/c1-3-10-27-15-7-5-14(6-8-15)12-18-20(26)24(21(28)29-18)23-19(25)16-9-4-13(2)11-17(16)22/h3-9,11-12H,1,10H2,2H3,(H,23,25)/b18-12+. The number of thiocarbonyl (C=S) groups is 1. The summed E-state index contributed by atoms with van der Waals surface area (Å²) in [6.45, 7) is 5.90. The van der Waals surface area contributed by atoms with E-state index in [1.165, 1.54) is 0 Å². The average Bonchev–Trinajstić information content (AvgIpc) is 2.94. The maximum atomic E-state index is 12.7. The Morgan fingerprint density at radius 2 is 2.03 bits per heavy atom. The molecule has 0 spiro atoms. The molecule has 148 valence electrons. The highest BCUT2D eigenvalue weighted by atomic mass is 35.5. The minimum atomic E-state index is -0.503. The Morgan fingerprint density at radius 1 is 1.31 bits per heavy atom. The number of carbonyl (C=O) groups excluding carboxylic acids is 2. The van der Waals surface area contributed by atoms with Crippen molar-refractivity contribution in [3.63, 3.8) is 0 Å². The summed E-state index contributed by atoms with van der Waals surface area (Å²) in [4.78, 5) is 25.6. The van der Waals surface area contributed by atoms with Gasteiger partial charge in [0.15, 0.2) is 4.32 Å². The molecule has 1 aliphatic rings. The first kappa shape index (κ1) is 21.1. The number of benzene rings is 2. The molecule has 0 aliphatic carbocycles. The van der Waals surface area contributed by atoms with Gasteiger partial charge in [0.25, 0.3) is 11.8 Å². The van der Waals surface area contributed by atoms with Crippen LogP contribution in [0, 0.1) is 6.92 Å².